The number of rotatable bonds is 3. The minimum atomic E-state index is -0.748. The van der Waals surface area contributed by atoms with Crippen LogP contribution in [-0.2, 0) is 21.5 Å². The van der Waals surface area contributed by atoms with E-state index in [1.807, 2.05) is 48.7 Å². The molecule has 0 spiro atoms. The van der Waals surface area contributed by atoms with Crippen molar-refractivity contribution in [3.8, 4) is 0 Å². The van der Waals surface area contributed by atoms with Crippen molar-refractivity contribution in [1.29, 1.82) is 0 Å². The number of carbonyl (C=O) groups is 2. The number of thiophene rings is 1. The molecule has 1 fully saturated rings. The van der Waals surface area contributed by atoms with Gasteiger partial charge in [0, 0.05) is 15.8 Å². The van der Waals surface area contributed by atoms with E-state index in [9.17, 15) is 9.59 Å². The maximum absolute atomic E-state index is 12.8. The summed E-state index contributed by atoms with van der Waals surface area (Å²) in [6, 6.07) is 11.5. The number of nitrogens with zero attached hydrogens (tertiary/aromatic N) is 1. The van der Waals surface area contributed by atoms with Gasteiger partial charge in [-0.1, -0.05) is 30.3 Å². The molecule has 0 bridgehead atoms. The highest BCUT2D eigenvalue weighted by molar-refractivity contribution is 9.10. The Balaban J connectivity index is 1.91. The number of imide groups is 1. The lowest BCUT2D eigenvalue weighted by molar-refractivity contribution is -0.140. The Hall–Kier alpha value is -1.46. The Bertz CT molecular complexity index is 697. The molecule has 1 unspecified atom stereocenters. The number of likely N-dealkylation sites (tertiary alicyclic amines) is 1. The van der Waals surface area contributed by atoms with Gasteiger partial charge in [-0.3, -0.25) is 14.5 Å². The second-order valence-electron chi connectivity index (χ2n) is 5.35. The molecule has 3 nitrogen and oxygen atoms in total. The van der Waals surface area contributed by atoms with Crippen LogP contribution in [0.15, 0.2) is 46.3 Å². The molecule has 21 heavy (non-hydrogen) atoms. The van der Waals surface area contributed by atoms with Gasteiger partial charge in [-0.25, -0.2) is 0 Å². The van der Waals surface area contributed by atoms with E-state index in [4.69, 9.17) is 0 Å². The number of hydrogen-bond donors (Lipinski definition) is 0. The zero-order chi connectivity index (χ0) is 15.0. The summed E-state index contributed by atoms with van der Waals surface area (Å²) in [6.45, 7) is 2.20. The van der Waals surface area contributed by atoms with Gasteiger partial charge in [-0.15, -0.1) is 11.3 Å². The maximum Gasteiger partial charge on any atom is 0.240 e. The molecule has 0 saturated carbocycles. The Morgan fingerprint density at radius 1 is 1.24 bits per heavy atom. The number of halogens is 1. The molecule has 5 heteroatoms. The highest BCUT2D eigenvalue weighted by atomic mass is 79.9. The first-order valence-corrected chi connectivity index (χ1v) is 8.32. The predicted octanol–water partition coefficient (Wildman–Crippen LogP) is 3.73. The first-order valence-electron chi connectivity index (χ1n) is 6.64. The van der Waals surface area contributed by atoms with Crippen LogP contribution in [0.25, 0.3) is 0 Å². The third-order valence-electron chi connectivity index (χ3n) is 3.93. The molecule has 0 N–H and O–H groups in total. The van der Waals surface area contributed by atoms with Crippen molar-refractivity contribution in [3.05, 3.63) is 56.7 Å². The van der Waals surface area contributed by atoms with Gasteiger partial charge >= 0.3 is 0 Å². The van der Waals surface area contributed by atoms with Crippen LogP contribution in [0.4, 0.5) is 0 Å². The fourth-order valence-electron chi connectivity index (χ4n) is 2.66. The van der Waals surface area contributed by atoms with Crippen LogP contribution in [0.3, 0.4) is 0 Å². The Morgan fingerprint density at radius 2 is 1.95 bits per heavy atom. The zero-order valence-corrected chi connectivity index (χ0v) is 13.9. The fraction of sp³-hybridized carbons (Fsp3) is 0.250. The maximum atomic E-state index is 12.8. The molecular weight excluding hydrogens is 350 g/mol. The van der Waals surface area contributed by atoms with Gasteiger partial charge in [0.05, 0.1) is 12.0 Å². The topological polar surface area (TPSA) is 37.4 Å². The van der Waals surface area contributed by atoms with Gasteiger partial charge in [0.15, 0.2) is 0 Å². The summed E-state index contributed by atoms with van der Waals surface area (Å²) in [6.07, 6.45) is 0.235. The molecule has 0 aliphatic carbocycles. The van der Waals surface area contributed by atoms with Crippen molar-refractivity contribution in [2.45, 2.75) is 25.3 Å². The SMILES string of the molecule is CC1(c2ccccc2)CC(=O)N(Cc2sccc2Br)C1=O. The van der Waals surface area contributed by atoms with Gasteiger partial charge < -0.3 is 0 Å². The Kier molecular flexibility index (Phi) is 3.71. The van der Waals surface area contributed by atoms with E-state index in [2.05, 4.69) is 15.9 Å². The minimum absolute atomic E-state index is 0.105. The summed E-state index contributed by atoms with van der Waals surface area (Å²) >= 11 is 4.99. The quantitative estimate of drug-likeness (QED) is 0.779. The first kappa shape index (κ1) is 14.5. The van der Waals surface area contributed by atoms with E-state index < -0.39 is 5.41 Å². The normalized spacial score (nSPS) is 22.1. The smallest absolute Gasteiger partial charge is 0.240 e. The summed E-state index contributed by atoms with van der Waals surface area (Å²) in [7, 11) is 0. The molecule has 3 rings (SSSR count). The molecule has 1 aromatic heterocycles. The lowest BCUT2D eigenvalue weighted by Crippen LogP contribution is -2.36. The first-order chi connectivity index (χ1) is 10.0. The van der Waals surface area contributed by atoms with Crippen LogP contribution in [0, 0.1) is 0 Å². The van der Waals surface area contributed by atoms with Crippen LogP contribution in [0.2, 0.25) is 0 Å². The molecular formula is C16H14BrNO2S. The van der Waals surface area contributed by atoms with Crippen molar-refractivity contribution < 1.29 is 9.59 Å². The Labute approximate surface area is 135 Å². The lowest BCUT2D eigenvalue weighted by Gasteiger charge is -2.22. The van der Waals surface area contributed by atoms with Gasteiger partial charge in [0.1, 0.15) is 0 Å². The second-order valence-corrected chi connectivity index (χ2v) is 7.21. The highest BCUT2D eigenvalue weighted by Crippen LogP contribution is 2.37. The van der Waals surface area contributed by atoms with E-state index in [-0.39, 0.29) is 18.2 Å². The van der Waals surface area contributed by atoms with Crippen molar-refractivity contribution in [2.75, 3.05) is 0 Å². The fourth-order valence-corrected chi connectivity index (χ4v) is 4.12. The molecule has 2 aromatic rings. The van der Waals surface area contributed by atoms with Crippen LogP contribution in [-0.4, -0.2) is 16.7 Å². The predicted molar refractivity (Wildman–Crippen MR) is 86.0 cm³/mol. The standard InChI is InChI=1S/C16H14BrNO2S/c1-16(11-5-3-2-4-6-11)9-14(19)18(15(16)20)10-13-12(17)7-8-21-13/h2-8H,9-10H2,1H3. The van der Waals surface area contributed by atoms with E-state index in [1.165, 1.54) is 4.90 Å². The Morgan fingerprint density at radius 3 is 2.57 bits per heavy atom. The molecule has 1 aliphatic rings. The van der Waals surface area contributed by atoms with Crippen LogP contribution in [0.5, 0.6) is 0 Å². The molecule has 2 heterocycles. The van der Waals surface area contributed by atoms with Gasteiger partial charge in [0.2, 0.25) is 11.8 Å². The van der Waals surface area contributed by atoms with E-state index in [1.54, 1.807) is 11.3 Å². The van der Waals surface area contributed by atoms with Crippen molar-refractivity contribution in [2.24, 2.45) is 0 Å². The third-order valence-corrected chi connectivity index (χ3v) is 5.84. The second kappa shape index (κ2) is 5.39. The van der Waals surface area contributed by atoms with Crippen LogP contribution >= 0.6 is 27.3 Å². The molecule has 1 aliphatic heterocycles. The summed E-state index contributed by atoms with van der Waals surface area (Å²) < 4.78 is 0.946. The average Bonchev–Trinajstić information content (AvgIpc) is 2.98. The third kappa shape index (κ3) is 2.45. The van der Waals surface area contributed by atoms with Gasteiger partial charge in [0.25, 0.3) is 0 Å². The van der Waals surface area contributed by atoms with Crippen molar-refractivity contribution >= 4 is 39.1 Å². The van der Waals surface area contributed by atoms with Crippen LogP contribution in [0.1, 0.15) is 23.8 Å². The monoisotopic (exact) mass is 363 g/mol. The van der Waals surface area contributed by atoms with Crippen molar-refractivity contribution in [3.63, 3.8) is 0 Å². The molecule has 1 saturated heterocycles. The average molecular weight is 364 g/mol. The summed E-state index contributed by atoms with van der Waals surface area (Å²) in [5.41, 5.74) is 0.151. The number of hydrogen-bond acceptors (Lipinski definition) is 3. The van der Waals surface area contributed by atoms with Gasteiger partial charge in [-0.05, 0) is 39.9 Å². The van der Waals surface area contributed by atoms with E-state index >= 15 is 0 Å². The number of carbonyl (C=O) groups excluding carboxylic acids is 2. The van der Waals surface area contributed by atoms with Crippen molar-refractivity contribution in [1.82, 2.24) is 4.90 Å². The molecule has 1 atom stereocenters. The van der Waals surface area contributed by atoms with E-state index in [0.717, 1.165) is 14.9 Å². The minimum Gasteiger partial charge on any atom is -0.276 e. The number of amides is 2. The summed E-state index contributed by atoms with van der Waals surface area (Å²) in [5.74, 6) is -0.217. The largest absolute Gasteiger partial charge is 0.276 e. The molecule has 0 radical (unpaired) electrons. The molecule has 108 valence electrons. The summed E-state index contributed by atoms with van der Waals surface area (Å²) in [5, 5.41) is 1.95. The molecule has 2 amide bonds. The highest BCUT2D eigenvalue weighted by Gasteiger charge is 2.49. The molecule has 1 aromatic carbocycles. The lowest BCUT2D eigenvalue weighted by atomic mass is 9.81. The van der Waals surface area contributed by atoms with E-state index in [0.29, 0.717) is 6.54 Å². The summed E-state index contributed by atoms with van der Waals surface area (Å²) in [4.78, 5) is 27.4. The zero-order valence-electron chi connectivity index (χ0n) is 11.5. The number of benzene rings is 1. The van der Waals surface area contributed by atoms with Gasteiger partial charge in [-0.2, -0.15) is 0 Å². The van der Waals surface area contributed by atoms with Crippen LogP contribution < -0.4 is 0 Å².